The summed E-state index contributed by atoms with van der Waals surface area (Å²) in [4.78, 5) is 16.3. The third-order valence-electron chi connectivity index (χ3n) is 3.54. The van der Waals surface area contributed by atoms with Crippen molar-refractivity contribution in [2.45, 2.75) is 51.6 Å². The van der Waals surface area contributed by atoms with Crippen LogP contribution in [0.2, 0.25) is 0 Å². The van der Waals surface area contributed by atoms with Crippen LogP contribution in [0, 0.1) is 5.92 Å². The van der Waals surface area contributed by atoms with Gasteiger partial charge in [0, 0.05) is 11.3 Å². The number of amides is 1. The number of nitrogens with one attached hydrogen (secondary N) is 1. The maximum Gasteiger partial charge on any atom is 0.237 e. The van der Waals surface area contributed by atoms with Gasteiger partial charge >= 0.3 is 0 Å². The summed E-state index contributed by atoms with van der Waals surface area (Å²) in [5.41, 5.74) is 7.06. The molecule has 1 heterocycles. The number of carbonyl (C=O) groups is 1. The van der Waals surface area contributed by atoms with Crippen molar-refractivity contribution in [1.82, 2.24) is 10.3 Å². The largest absolute Gasteiger partial charge is 0.348 e. The molecule has 1 aliphatic rings. The van der Waals surface area contributed by atoms with E-state index in [9.17, 15) is 4.79 Å². The van der Waals surface area contributed by atoms with Crippen molar-refractivity contribution >= 4 is 29.7 Å². The normalized spacial score (nSPS) is 17.4. The summed E-state index contributed by atoms with van der Waals surface area (Å²) < 4.78 is 0. The van der Waals surface area contributed by atoms with E-state index in [2.05, 4.69) is 15.7 Å². The molecule has 0 saturated heterocycles. The van der Waals surface area contributed by atoms with Gasteiger partial charge in [-0.15, -0.1) is 23.7 Å². The Morgan fingerprint density at radius 2 is 2.32 bits per heavy atom. The number of hydrogen-bond donors (Lipinski definition) is 2. The van der Waals surface area contributed by atoms with Gasteiger partial charge in [0.15, 0.2) is 0 Å². The zero-order valence-electron chi connectivity index (χ0n) is 11.4. The molecule has 1 aliphatic carbocycles. The minimum atomic E-state index is -0.419. The van der Waals surface area contributed by atoms with Crippen LogP contribution < -0.4 is 11.1 Å². The van der Waals surface area contributed by atoms with Crippen molar-refractivity contribution in [3.8, 4) is 0 Å². The lowest BCUT2D eigenvalue weighted by Crippen LogP contribution is -2.44. The minimum Gasteiger partial charge on any atom is -0.348 e. The van der Waals surface area contributed by atoms with Crippen LogP contribution in [0.15, 0.2) is 5.38 Å². The third-order valence-corrected chi connectivity index (χ3v) is 4.41. The number of nitrogens with two attached hydrogens (primary N) is 1. The number of nitrogens with zero attached hydrogens (tertiary/aromatic N) is 1. The summed E-state index contributed by atoms with van der Waals surface area (Å²) in [5, 5.41) is 5.95. The van der Waals surface area contributed by atoms with E-state index in [4.69, 9.17) is 5.73 Å². The summed E-state index contributed by atoms with van der Waals surface area (Å²) in [7, 11) is 0. The molecular weight excluding hydrogens is 282 g/mol. The fourth-order valence-electron chi connectivity index (χ4n) is 1.77. The molecule has 1 saturated carbocycles. The Bertz CT molecular complexity index is 420. The fraction of sp³-hybridized carbons (Fsp3) is 0.692. The molecule has 4 nitrogen and oxygen atoms in total. The fourth-order valence-corrected chi connectivity index (χ4v) is 2.58. The first-order valence-electron chi connectivity index (χ1n) is 6.59. The van der Waals surface area contributed by atoms with E-state index >= 15 is 0 Å². The van der Waals surface area contributed by atoms with Crippen molar-refractivity contribution in [3.63, 3.8) is 0 Å². The van der Waals surface area contributed by atoms with Crippen LogP contribution in [0.5, 0.6) is 0 Å². The molecule has 19 heavy (non-hydrogen) atoms. The summed E-state index contributed by atoms with van der Waals surface area (Å²) in [6.45, 7) is 4.54. The Hall–Kier alpha value is -0.650. The van der Waals surface area contributed by atoms with E-state index in [1.165, 1.54) is 18.5 Å². The highest BCUT2D eigenvalue weighted by Gasteiger charge is 2.26. The van der Waals surface area contributed by atoms with Gasteiger partial charge in [0.25, 0.3) is 0 Å². The number of aromatic nitrogens is 1. The molecule has 1 aromatic heterocycles. The standard InChI is InChI=1S/C13H21N3OS.ClH/c1-3-8(2)12(14)13(17)15-6-11-16-10(7-18-11)9-4-5-9;/h7-9,12H,3-6,14H2,1-2H3,(H,15,17);1H. The topological polar surface area (TPSA) is 68.0 Å². The molecule has 6 heteroatoms. The van der Waals surface area contributed by atoms with Gasteiger partial charge in [-0.1, -0.05) is 20.3 Å². The second kappa shape index (κ2) is 7.22. The number of hydrogen-bond acceptors (Lipinski definition) is 4. The Balaban J connectivity index is 0.00000180. The molecule has 1 fully saturated rings. The van der Waals surface area contributed by atoms with E-state index in [1.54, 1.807) is 11.3 Å². The molecular formula is C13H22ClN3OS. The second-order valence-electron chi connectivity index (χ2n) is 5.07. The summed E-state index contributed by atoms with van der Waals surface area (Å²) in [6, 6.07) is -0.419. The van der Waals surface area contributed by atoms with Crippen LogP contribution in [0.4, 0.5) is 0 Å². The molecule has 3 N–H and O–H groups in total. The Morgan fingerprint density at radius 1 is 1.63 bits per heavy atom. The number of rotatable bonds is 6. The van der Waals surface area contributed by atoms with E-state index in [0.29, 0.717) is 12.5 Å². The van der Waals surface area contributed by atoms with E-state index < -0.39 is 6.04 Å². The van der Waals surface area contributed by atoms with Crippen LogP contribution >= 0.6 is 23.7 Å². The Morgan fingerprint density at radius 3 is 2.89 bits per heavy atom. The lowest BCUT2D eigenvalue weighted by atomic mass is 9.99. The maximum atomic E-state index is 11.8. The number of thiazole rings is 1. The Kier molecular flexibility index (Phi) is 6.23. The molecule has 2 rings (SSSR count). The van der Waals surface area contributed by atoms with E-state index in [-0.39, 0.29) is 24.2 Å². The smallest absolute Gasteiger partial charge is 0.237 e. The first-order valence-corrected chi connectivity index (χ1v) is 7.47. The quantitative estimate of drug-likeness (QED) is 0.848. The van der Waals surface area contributed by atoms with Crippen molar-refractivity contribution in [2.75, 3.05) is 0 Å². The van der Waals surface area contributed by atoms with Crippen LogP contribution in [-0.4, -0.2) is 16.9 Å². The summed E-state index contributed by atoms with van der Waals surface area (Å²) >= 11 is 1.62. The highest BCUT2D eigenvalue weighted by atomic mass is 35.5. The molecule has 1 aromatic rings. The first kappa shape index (κ1) is 16.4. The van der Waals surface area contributed by atoms with Crippen LogP contribution in [0.25, 0.3) is 0 Å². The summed E-state index contributed by atoms with van der Waals surface area (Å²) in [6.07, 6.45) is 3.43. The van der Waals surface area contributed by atoms with Crippen LogP contribution in [0.3, 0.4) is 0 Å². The Labute approximate surface area is 124 Å². The molecule has 0 bridgehead atoms. The predicted molar refractivity (Wildman–Crippen MR) is 80.6 cm³/mol. The van der Waals surface area contributed by atoms with Gasteiger partial charge in [0.05, 0.1) is 18.3 Å². The van der Waals surface area contributed by atoms with Crippen molar-refractivity contribution < 1.29 is 4.79 Å². The molecule has 2 unspecified atom stereocenters. The lowest BCUT2D eigenvalue weighted by Gasteiger charge is -2.17. The van der Waals surface area contributed by atoms with Gasteiger partial charge in [-0.25, -0.2) is 4.98 Å². The van der Waals surface area contributed by atoms with Crippen LogP contribution in [0.1, 0.15) is 49.7 Å². The van der Waals surface area contributed by atoms with E-state index in [1.807, 2.05) is 13.8 Å². The average Bonchev–Trinajstić information content (AvgIpc) is 3.13. The van der Waals surface area contributed by atoms with Gasteiger partial charge in [0.1, 0.15) is 5.01 Å². The molecule has 0 aromatic carbocycles. The second-order valence-corrected chi connectivity index (χ2v) is 6.01. The van der Waals surface area contributed by atoms with Crippen molar-refractivity contribution in [2.24, 2.45) is 11.7 Å². The van der Waals surface area contributed by atoms with Crippen molar-refractivity contribution in [1.29, 1.82) is 0 Å². The zero-order valence-corrected chi connectivity index (χ0v) is 13.0. The lowest BCUT2D eigenvalue weighted by molar-refractivity contribution is -0.123. The van der Waals surface area contributed by atoms with Crippen molar-refractivity contribution in [3.05, 3.63) is 16.1 Å². The van der Waals surface area contributed by atoms with E-state index in [0.717, 1.165) is 11.4 Å². The van der Waals surface area contributed by atoms with Crippen LogP contribution in [-0.2, 0) is 11.3 Å². The monoisotopic (exact) mass is 303 g/mol. The minimum absolute atomic E-state index is 0. The summed E-state index contributed by atoms with van der Waals surface area (Å²) in [5.74, 6) is 0.809. The van der Waals surface area contributed by atoms with Gasteiger partial charge in [-0.2, -0.15) is 0 Å². The number of carbonyl (C=O) groups excluding carboxylic acids is 1. The predicted octanol–water partition coefficient (Wildman–Crippen LogP) is 2.43. The molecule has 0 aliphatic heterocycles. The highest BCUT2D eigenvalue weighted by molar-refractivity contribution is 7.09. The maximum absolute atomic E-state index is 11.8. The van der Waals surface area contributed by atoms with Gasteiger partial charge in [0.2, 0.25) is 5.91 Å². The molecule has 108 valence electrons. The average molecular weight is 304 g/mol. The van der Waals surface area contributed by atoms with Gasteiger partial charge in [-0.05, 0) is 18.8 Å². The molecule has 2 atom stereocenters. The highest BCUT2D eigenvalue weighted by Crippen LogP contribution is 2.40. The van der Waals surface area contributed by atoms with Gasteiger partial charge in [-0.3, -0.25) is 4.79 Å². The van der Waals surface area contributed by atoms with Gasteiger partial charge < -0.3 is 11.1 Å². The molecule has 1 amide bonds. The number of halogens is 1. The SMILES string of the molecule is CCC(C)C(N)C(=O)NCc1nc(C2CC2)cs1.Cl. The zero-order chi connectivity index (χ0) is 13.1. The molecule has 0 spiro atoms. The third kappa shape index (κ3) is 4.44. The molecule has 0 radical (unpaired) electrons. The first-order chi connectivity index (χ1) is 8.61.